The van der Waals surface area contributed by atoms with E-state index in [9.17, 15) is 19.4 Å². The maximum absolute atomic E-state index is 12.8. The molecule has 0 aromatic rings. The number of rotatable bonds is 43. The Bertz CT molecular complexity index is 901. The zero-order valence-corrected chi connectivity index (χ0v) is 36.4. The summed E-state index contributed by atoms with van der Waals surface area (Å²) >= 11 is 0. The van der Waals surface area contributed by atoms with Crippen LogP contribution in [0.1, 0.15) is 226 Å². The van der Waals surface area contributed by atoms with Gasteiger partial charge in [-0.25, -0.2) is 4.57 Å². The summed E-state index contributed by atoms with van der Waals surface area (Å²) in [6, 6.07) is -0.872. The molecule has 0 aromatic carbocycles. The molecule has 320 valence electrons. The highest BCUT2D eigenvalue weighted by Gasteiger charge is 2.26. The van der Waals surface area contributed by atoms with Crippen molar-refractivity contribution in [2.45, 2.75) is 238 Å². The highest BCUT2D eigenvalue weighted by Crippen LogP contribution is 2.43. The first-order valence-electron chi connectivity index (χ1n) is 23.0. The lowest BCUT2D eigenvalue weighted by Crippen LogP contribution is -2.45. The molecule has 0 aliphatic heterocycles. The molecule has 1 amide bonds. The third-order valence-electron chi connectivity index (χ3n) is 10.3. The van der Waals surface area contributed by atoms with E-state index in [2.05, 4.69) is 31.3 Å². The largest absolute Gasteiger partial charge is 0.472 e. The third-order valence-corrected chi connectivity index (χ3v) is 11.3. The summed E-state index contributed by atoms with van der Waals surface area (Å²) in [6.07, 6.45) is 48.0. The van der Waals surface area contributed by atoms with Crippen LogP contribution in [0.5, 0.6) is 0 Å². The molecule has 0 radical (unpaired) electrons. The van der Waals surface area contributed by atoms with E-state index in [1.807, 2.05) is 6.08 Å². The molecule has 0 aliphatic carbocycles. The minimum Gasteiger partial charge on any atom is -0.387 e. The van der Waals surface area contributed by atoms with E-state index < -0.39 is 20.0 Å². The van der Waals surface area contributed by atoms with Crippen molar-refractivity contribution in [1.29, 1.82) is 0 Å². The van der Waals surface area contributed by atoms with Crippen molar-refractivity contribution < 1.29 is 28.4 Å². The van der Waals surface area contributed by atoms with Crippen LogP contribution in [0.2, 0.25) is 0 Å². The zero-order chi connectivity index (χ0) is 39.6. The number of carbonyl (C=O) groups excluding carboxylic acids is 1. The van der Waals surface area contributed by atoms with Crippen LogP contribution >= 0.6 is 7.82 Å². The van der Waals surface area contributed by atoms with Crippen molar-refractivity contribution in [3.63, 3.8) is 0 Å². The van der Waals surface area contributed by atoms with Gasteiger partial charge in [0, 0.05) is 13.0 Å². The van der Waals surface area contributed by atoms with E-state index in [1.54, 1.807) is 6.08 Å². The fourth-order valence-corrected chi connectivity index (χ4v) is 7.56. The maximum Gasteiger partial charge on any atom is 0.472 e. The number of unbranched alkanes of at least 4 members (excludes halogenated alkanes) is 29. The van der Waals surface area contributed by atoms with E-state index in [1.165, 1.54) is 167 Å². The molecule has 0 heterocycles. The Kier molecular flexibility index (Phi) is 40.8. The molecule has 3 atom stereocenters. The normalized spacial score (nSPS) is 14.2. The van der Waals surface area contributed by atoms with Gasteiger partial charge in [0.05, 0.1) is 25.4 Å². The molecule has 5 N–H and O–H groups in total. The summed E-state index contributed by atoms with van der Waals surface area (Å²) < 4.78 is 22.1. The molecule has 0 rings (SSSR count). The average molecular weight is 785 g/mol. The van der Waals surface area contributed by atoms with Gasteiger partial charge < -0.3 is 21.1 Å². The molecular formula is C45H89N2O6P. The zero-order valence-electron chi connectivity index (χ0n) is 35.5. The van der Waals surface area contributed by atoms with Crippen molar-refractivity contribution in [3.8, 4) is 0 Å². The Balaban J connectivity index is 4.20. The first-order valence-corrected chi connectivity index (χ1v) is 24.5. The van der Waals surface area contributed by atoms with Gasteiger partial charge in [-0.1, -0.05) is 212 Å². The number of nitrogens with two attached hydrogens (primary N) is 1. The van der Waals surface area contributed by atoms with E-state index in [0.717, 1.165) is 38.5 Å². The molecule has 0 spiro atoms. The molecule has 0 saturated heterocycles. The highest BCUT2D eigenvalue weighted by molar-refractivity contribution is 7.47. The summed E-state index contributed by atoms with van der Waals surface area (Å²) in [6.45, 7) is 4.14. The van der Waals surface area contributed by atoms with Crippen molar-refractivity contribution in [2.24, 2.45) is 5.73 Å². The van der Waals surface area contributed by atoms with Crippen LogP contribution in [0.25, 0.3) is 0 Å². The molecule has 0 saturated carbocycles. The van der Waals surface area contributed by atoms with Gasteiger partial charge in [-0.2, -0.15) is 0 Å². The molecule has 0 aromatic heterocycles. The van der Waals surface area contributed by atoms with Crippen molar-refractivity contribution in [2.75, 3.05) is 19.8 Å². The van der Waals surface area contributed by atoms with Gasteiger partial charge in [0.25, 0.3) is 0 Å². The number of allylic oxidation sites excluding steroid dienone is 3. The van der Waals surface area contributed by atoms with Gasteiger partial charge in [0.15, 0.2) is 0 Å². The summed E-state index contributed by atoms with van der Waals surface area (Å²) in [5.41, 5.74) is 5.37. The average Bonchev–Trinajstić information content (AvgIpc) is 3.16. The summed E-state index contributed by atoms with van der Waals surface area (Å²) in [7, 11) is -4.34. The predicted molar refractivity (Wildman–Crippen MR) is 231 cm³/mol. The lowest BCUT2D eigenvalue weighted by atomic mass is 10.0. The maximum atomic E-state index is 12.8. The van der Waals surface area contributed by atoms with Crippen LogP contribution in [0.15, 0.2) is 24.3 Å². The minimum atomic E-state index is -4.34. The molecular weight excluding hydrogens is 695 g/mol. The van der Waals surface area contributed by atoms with Gasteiger partial charge in [-0.3, -0.25) is 13.8 Å². The van der Waals surface area contributed by atoms with Crippen LogP contribution in [0.4, 0.5) is 0 Å². The first kappa shape index (κ1) is 53.0. The lowest BCUT2D eigenvalue weighted by Gasteiger charge is -2.23. The number of aliphatic hydroxyl groups is 1. The minimum absolute atomic E-state index is 0.0760. The molecule has 54 heavy (non-hydrogen) atoms. The Morgan fingerprint density at radius 1 is 0.593 bits per heavy atom. The summed E-state index contributed by atoms with van der Waals surface area (Å²) in [5.74, 6) is -0.201. The molecule has 0 fully saturated rings. The first-order chi connectivity index (χ1) is 26.4. The van der Waals surface area contributed by atoms with Gasteiger partial charge in [-0.05, 0) is 32.1 Å². The Hall–Kier alpha value is -1.02. The number of carbonyl (C=O) groups is 1. The second kappa shape index (κ2) is 41.6. The Morgan fingerprint density at radius 3 is 1.43 bits per heavy atom. The topological polar surface area (TPSA) is 131 Å². The number of phosphoric ester groups is 1. The fourth-order valence-electron chi connectivity index (χ4n) is 6.80. The highest BCUT2D eigenvalue weighted by atomic mass is 31.2. The number of aliphatic hydroxyl groups excluding tert-OH is 1. The summed E-state index contributed by atoms with van der Waals surface area (Å²) in [4.78, 5) is 22.7. The second-order valence-electron chi connectivity index (χ2n) is 15.6. The number of hydrogen-bond donors (Lipinski definition) is 4. The molecule has 3 unspecified atom stereocenters. The van der Waals surface area contributed by atoms with Crippen LogP contribution in [-0.2, 0) is 18.4 Å². The Labute approximate surface area is 334 Å². The summed E-state index contributed by atoms with van der Waals surface area (Å²) in [5, 5.41) is 13.7. The Morgan fingerprint density at radius 2 is 0.981 bits per heavy atom. The lowest BCUT2D eigenvalue weighted by molar-refractivity contribution is -0.123. The van der Waals surface area contributed by atoms with E-state index in [4.69, 9.17) is 14.8 Å². The standard InChI is InChI=1S/C45H89N2O6P/c1-3-5-7-9-11-13-15-17-19-20-21-22-23-25-26-28-30-32-34-36-38-44(48)43(42-53-54(50,51)52-41-40-46)47-45(49)39-37-35-33-31-29-27-24-18-16-14-12-10-8-6-4-2/h28,30,36,38,43-44,48H,3-27,29,31-35,37,39-42,46H2,1-2H3,(H,47,49)(H,50,51)/b30-28+,38-36+. The van der Waals surface area contributed by atoms with Gasteiger partial charge in [-0.15, -0.1) is 0 Å². The van der Waals surface area contributed by atoms with Crippen molar-refractivity contribution >= 4 is 13.7 Å². The smallest absolute Gasteiger partial charge is 0.387 e. The molecule has 9 heteroatoms. The van der Waals surface area contributed by atoms with Crippen LogP contribution < -0.4 is 11.1 Å². The predicted octanol–water partition coefficient (Wildman–Crippen LogP) is 12.9. The van der Waals surface area contributed by atoms with E-state index >= 15 is 0 Å². The van der Waals surface area contributed by atoms with Crippen LogP contribution in [-0.4, -0.2) is 47.8 Å². The monoisotopic (exact) mass is 785 g/mol. The number of amides is 1. The number of phosphoric acid groups is 1. The molecule has 0 bridgehead atoms. The second-order valence-corrected chi connectivity index (χ2v) is 17.1. The number of hydrogen-bond acceptors (Lipinski definition) is 6. The fraction of sp³-hybridized carbons (Fsp3) is 0.889. The number of nitrogens with one attached hydrogen (secondary N) is 1. The van der Waals surface area contributed by atoms with E-state index in [-0.39, 0.29) is 25.7 Å². The van der Waals surface area contributed by atoms with Crippen molar-refractivity contribution in [1.82, 2.24) is 5.32 Å². The van der Waals surface area contributed by atoms with Gasteiger partial charge >= 0.3 is 7.82 Å². The van der Waals surface area contributed by atoms with E-state index in [0.29, 0.717) is 6.42 Å². The van der Waals surface area contributed by atoms with Gasteiger partial charge in [0.1, 0.15) is 0 Å². The van der Waals surface area contributed by atoms with Crippen LogP contribution in [0, 0.1) is 0 Å². The molecule has 0 aliphatic rings. The molecule has 8 nitrogen and oxygen atoms in total. The quantitative estimate of drug-likeness (QED) is 0.0275. The van der Waals surface area contributed by atoms with Crippen molar-refractivity contribution in [3.05, 3.63) is 24.3 Å². The van der Waals surface area contributed by atoms with Crippen LogP contribution in [0.3, 0.4) is 0 Å². The third kappa shape index (κ3) is 39.2. The SMILES string of the molecule is CCCCCCCCCCCCCCCC/C=C/CC/C=C/C(O)C(COP(=O)(O)OCCN)NC(=O)CCCCCCCCCCCCCCCCC. The van der Waals surface area contributed by atoms with Gasteiger partial charge in [0.2, 0.25) is 5.91 Å².